The van der Waals surface area contributed by atoms with Gasteiger partial charge < -0.3 is 5.84 Å². The molecule has 0 saturated carbocycles. The Balaban J connectivity index is 2.35. The number of hydrogen-bond acceptors (Lipinski definition) is 7. The number of hydrogen-bond donors (Lipinski definition) is 1. The molecule has 0 unspecified atom stereocenters. The number of rotatable bonds is 2. The smallest absolute Gasteiger partial charge is 0.335 e. The summed E-state index contributed by atoms with van der Waals surface area (Å²) in [6.07, 6.45) is -4.70. The molecule has 0 spiro atoms. The highest BCUT2D eigenvalue weighted by molar-refractivity contribution is 8.01. The zero-order valence-corrected chi connectivity index (χ0v) is 11.0. The molecule has 0 radical (unpaired) electrons. The van der Waals surface area contributed by atoms with E-state index in [4.69, 9.17) is 22.7 Å². The fraction of sp³-hybridized carbons (Fsp3) is 0.143. The molecule has 2 heterocycles. The van der Waals surface area contributed by atoms with Gasteiger partial charge in [0, 0.05) is 0 Å². The molecule has 2 aromatic heterocycles. The van der Waals surface area contributed by atoms with Gasteiger partial charge in [0.15, 0.2) is 5.15 Å². The standard InChI is InChI=1S/C7H2ClF3N6S2/c8-3-2(1-12)4(19-16-3)18-6-15-14-5(17(6)13)7(9,10)11/h13H2. The first-order chi connectivity index (χ1) is 8.84. The molecule has 2 aromatic rings. The van der Waals surface area contributed by atoms with Crippen LogP contribution in [0.5, 0.6) is 0 Å². The molecule has 0 atom stereocenters. The van der Waals surface area contributed by atoms with E-state index in [1.807, 2.05) is 0 Å². The number of nitrogens with zero attached hydrogens (tertiary/aromatic N) is 5. The Morgan fingerprint density at radius 1 is 1.42 bits per heavy atom. The molecular weight excluding hydrogens is 325 g/mol. The summed E-state index contributed by atoms with van der Waals surface area (Å²) in [4.78, 5) is 0. The van der Waals surface area contributed by atoms with Gasteiger partial charge in [-0.2, -0.15) is 22.8 Å². The molecule has 2 N–H and O–H groups in total. The molecule has 0 fully saturated rings. The van der Waals surface area contributed by atoms with Crippen LogP contribution in [0.3, 0.4) is 0 Å². The van der Waals surface area contributed by atoms with Crippen LogP contribution in [-0.4, -0.2) is 19.2 Å². The van der Waals surface area contributed by atoms with Crippen molar-refractivity contribution in [3.8, 4) is 6.07 Å². The first kappa shape index (κ1) is 13.9. The van der Waals surface area contributed by atoms with Gasteiger partial charge in [-0.05, 0) is 23.3 Å². The van der Waals surface area contributed by atoms with Crippen LogP contribution in [0.2, 0.25) is 5.15 Å². The highest BCUT2D eigenvalue weighted by Gasteiger charge is 2.38. The van der Waals surface area contributed by atoms with E-state index < -0.39 is 12.0 Å². The van der Waals surface area contributed by atoms with Gasteiger partial charge in [0.05, 0.1) is 0 Å². The lowest BCUT2D eigenvalue weighted by molar-refractivity contribution is -0.146. The maximum absolute atomic E-state index is 12.5. The van der Waals surface area contributed by atoms with Crippen molar-refractivity contribution >= 4 is 34.9 Å². The van der Waals surface area contributed by atoms with E-state index in [1.54, 1.807) is 6.07 Å². The Morgan fingerprint density at radius 2 is 2.11 bits per heavy atom. The number of nitrogen functional groups attached to an aromatic ring is 1. The zero-order valence-electron chi connectivity index (χ0n) is 8.64. The van der Waals surface area contributed by atoms with Crippen molar-refractivity contribution in [2.45, 2.75) is 15.5 Å². The molecule has 2 rings (SSSR count). The van der Waals surface area contributed by atoms with E-state index in [2.05, 4.69) is 14.6 Å². The quantitative estimate of drug-likeness (QED) is 0.850. The topological polar surface area (TPSA) is 93.4 Å². The van der Waals surface area contributed by atoms with Crippen LogP contribution in [0.4, 0.5) is 13.2 Å². The summed E-state index contributed by atoms with van der Waals surface area (Å²) in [5.74, 6) is 3.93. The largest absolute Gasteiger partial charge is 0.453 e. The van der Waals surface area contributed by atoms with Crippen LogP contribution in [0, 0.1) is 11.3 Å². The van der Waals surface area contributed by atoms with Gasteiger partial charge in [-0.3, -0.25) is 0 Å². The molecule has 6 nitrogen and oxygen atoms in total. The van der Waals surface area contributed by atoms with E-state index in [9.17, 15) is 13.2 Å². The van der Waals surface area contributed by atoms with Crippen LogP contribution in [-0.2, 0) is 6.18 Å². The maximum atomic E-state index is 12.5. The summed E-state index contributed by atoms with van der Waals surface area (Å²) in [5, 5.41) is 14.9. The van der Waals surface area contributed by atoms with Crippen LogP contribution in [0.25, 0.3) is 0 Å². The molecular formula is C7H2ClF3N6S2. The van der Waals surface area contributed by atoms with Crippen molar-refractivity contribution in [2.75, 3.05) is 5.84 Å². The average molecular weight is 327 g/mol. The van der Waals surface area contributed by atoms with Crippen molar-refractivity contribution in [3.63, 3.8) is 0 Å². The van der Waals surface area contributed by atoms with Crippen molar-refractivity contribution in [2.24, 2.45) is 0 Å². The monoisotopic (exact) mass is 326 g/mol. The Labute approximate surface area is 117 Å². The minimum absolute atomic E-state index is 0.0193. The summed E-state index contributed by atoms with van der Waals surface area (Å²) in [6, 6.07) is 1.80. The molecule has 0 aliphatic carbocycles. The third-order valence-electron chi connectivity index (χ3n) is 1.83. The highest BCUT2D eigenvalue weighted by Crippen LogP contribution is 2.37. The highest BCUT2D eigenvalue weighted by atomic mass is 35.5. The van der Waals surface area contributed by atoms with E-state index in [0.29, 0.717) is 8.89 Å². The van der Waals surface area contributed by atoms with Gasteiger partial charge >= 0.3 is 6.18 Å². The van der Waals surface area contributed by atoms with E-state index in [1.165, 1.54) is 0 Å². The lowest BCUT2D eigenvalue weighted by Crippen LogP contribution is -2.21. The van der Waals surface area contributed by atoms with Crippen LogP contribution in [0.15, 0.2) is 9.37 Å². The molecule has 100 valence electrons. The van der Waals surface area contributed by atoms with Gasteiger partial charge in [-0.15, -0.1) is 10.2 Å². The van der Waals surface area contributed by atoms with Crippen molar-refractivity contribution in [1.29, 1.82) is 5.26 Å². The number of alkyl halides is 3. The SMILES string of the molecule is N#Cc1c(Cl)nsc1Sc1nnc(C(F)(F)F)n1N. The molecule has 0 aliphatic rings. The summed E-state index contributed by atoms with van der Waals surface area (Å²) in [7, 11) is 0. The van der Waals surface area contributed by atoms with Crippen LogP contribution >= 0.6 is 34.9 Å². The first-order valence-electron chi connectivity index (χ1n) is 4.35. The zero-order chi connectivity index (χ0) is 14.2. The second-order valence-corrected chi connectivity index (χ2v) is 5.39. The fourth-order valence-corrected chi connectivity index (χ4v) is 3.04. The number of nitrogens with two attached hydrogens (primary N) is 1. The third-order valence-corrected chi connectivity index (χ3v) is 4.17. The second kappa shape index (κ2) is 4.87. The lowest BCUT2D eigenvalue weighted by Gasteiger charge is -2.05. The van der Waals surface area contributed by atoms with Gasteiger partial charge in [0.1, 0.15) is 15.8 Å². The number of halogens is 4. The Morgan fingerprint density at radius 3 is 2.63 bits per heavy atom. The molecule has 0 saturated heterocycles. The minimum atomic E-state index is -4.70. The first-order valence-corrected chi connectivity index (χ1v) is 6.32. The van der Waals surface area contributed by atoms with Crippen molar-refractivity contribution in [3.05, 3.63) is 16.5 Å². The predicted octanol–water partition coefficient (Wildman–Crippen LogP) is 2.14. The molecule has 12 heteroatoms. The third kappa shape index (κ3) is 2.60. The lowest BCUT2D eigenvalue weighted by atomic mass is 10.4. The molecule has 0 aliphatic heterocycles. The summed E-state index contributed by atoms with van der Waals surface area (Å²) >= 11 is 7.24. The number of nitriles is 1. The van der Waals surface area contributed by atoms with Gasteiger partial charge in [-0.1, -0.05) is 11.6 Å². The molecule has 19 heavy (non-hydrogen) atoms. The normalized spacial score (nSPS) is 11.5. The van der Waals surface area contributed by atoms with Crippen molar-refractivity contribution in [1.82, 2.24) is 19.2 Å². The second-order valence-electron chi connectivity index (χ2n) is 3.02. The van der Waals surface area contributed by atoms with Gasteiger partial charge in [0.25, 0.3) is 5.82 Å². The average Bonchev–Trinajstić information content (AvgIpc) is 2.84. The minimum Gasteiger partial charge on any atom is -0.335 e. The van der Waals surface area contributed by atoms with Crippen molar-refractivity contribution < 1.29 is 13.2 Å². The Bertz CT molecular complexity index is 657. The van der Waals surface area contributed by atoms with Gasteiger partial charge in [-0.25, -0.2) is 4.68 Å². The van der Waals surface area contributed by atoms with E-state index >= 15 is 0 Å². The summed E-state index contributed by atoms with van der Waals surface area (Å²) < 4.78 is 41.7. The molecule has 0 bridgehead atoms. The number of aromatic nitrogens is 4. The van der Waals surface area contributed by atoms with E-state index in [0.717, 1.165) is 23.3 Å². The molecule has 0 amide bonds. The van der Waals surface area contributed by atoms with Crippen LogP contribution < -0.4 is 5.84 Å². The Kier molecular flexibility index (Phi) is 3.57. The molecule has 0 aromatic carbocycles. The Hall–Kier alpha value is -1.51. The fourth-order valence-electron chi connectivity index (χ4n) is 1.04. The summed E-state index contributed by atoms with van der Waals surface area (Å²) in [6.45, 7) is 0. The summed E-state index contributed by atoms with van der Waals surface area (Å²) in [5.41, 5.74) is 0.0632. The van der Waals surface area contributed by atoms with E-state index in [-0.39, 0.29) is 15.9 Å². The maximum Gasteiger partial charge on any atom is 0.453 e. The predicted molar refractivity (Wildman–Crippen MR) is 61.1 cm³/mol. The van der Waals surface area contributed by atoms with Crippen LogP contribution in [0.1, 0.15) is 11.4 Å². The van der Waals surface area contributed by atoms with Gasteiger partial charge in [0.2, 0.25) is 5.16 Å².